The van der Waals surface area contributed by atoms with E-state index in [9.17, 15) is 13.2 Å². The maximum Gasteiger partial charge on any atom is 0.246 e. The normalized spacial score (nSPS) is 19.0. The predicted octanol–water partition coefficient (Wildman–Crippen LogP) is 0.708. The quantitative estimate of drug-likeness (QED) is 0.877. The number of aromatic amines is 1. The number of rotatable bonds is 3. The minimum atomic E-state index is -3.47. The first-order valence-electron chi connectivity index (χ1n) is 5.93. The van der Waals surface area contributed by atoms with Crippen molar-refractivity contribution < 1.29 is 13.2 Å². The number of Topliss-reactive ketones (excluding diaryl/α,β-unsaturated/α-hetero) is 1. The number of aromatic nitrogens is 2. The van der Waals surface area contributed by atoms with Crippen LogP contribution in [0.25, 0.3) is 0 Å². The van der Waals surface area contributed by atoms with Crippen molar-refractivity contribution in [2.45, 2.75) is 31.6 Å². The van der Waals surface area contributed by atoms with E-state index >= 15 is 0 Å². The number of nitrogens with zero attached hydrogens (tertiary/aromatic N) is 2. The first-order chi connectivity index (χ1) is 8.43. The molecule has 0 unspecified atom stereocenters. The third-order valence-corrected chi connectivity index (χ3v) is 5.44. The highest BCUT2D eigenvalue weighted by atomic mass is 32.2. The molecule has 0 bridgehead atoms. The fourth-order valence-corrected chi connectivity index (χ4v) is 3.83. The first-order valence-corrected chi connectivity index (χ1v) is 7.37. The van der Waals surface area contributed by atoms with Crippen LogP contribution in [0.4, 0.5) is 0 Å². The number of sulfonamides is 1. The number of H-pyrrole nitrogens is 1. The van der Waals surface area contributed by atoms with Gasteiger partial charge in [0.25, 0.3) is 0 Å². The van der Waals surface area contributed by atoms with Crippen LogP contribution in [-0.4, -0.2) is 41.8 Å². The number of hydrogen-bond donors (Lipinski definition) is 1. The molecule has 0 spiro atoms. The zero-order valence-electron chi connectivity index (χ0n) is 10.5. The van der Waals surface area contributed by atoms with Gasteiger partial charge in [-0.25, -0.2) is 8.42 Å². The SMILES string of the molecule is CC(=O)C1CCN(S(=O)(=O)c2cn[nH]c2C)CC1. The molecule has 1 aromatic heterocycles. The second-order valence-corrected chi connectivity index (χ2v) is 6.55. The van der Waals surface area contributed by atoms with E-state index in [0.29, 0.717) is 31.6 Å². The number of ketones is 1. The fourth-order valence-electron chi connectivity index (χ4n) is 2.24. The van der Waals surface area contributed by atoms with Gasteiger partial charge in [-0.2, -0.15) is 9.40 Å². The van der Waals surface area contributed by atoms with Crippen LogP contribution in [0.3, 0.4) is 0 Å². The van der Waals surface area contributed by atoms with Gasteiger partial charge in [0.15, 0.2) is 0 Å². The molecule has 1 aromatic rings. The number of piperidine rings is 1. The van der Waals surface area contributed by atoms with Gasteiger partial charge in [-0.05, 0) is 26.7 Å². The molecular weight excluding hydrogens is 254 g/mol. The highest BCUT2D eigenvalue weighted by molar-refractivity contribution is 7.89. The lowest BCUT2D eigenvalue weighted by Crippen LogP contribution is -2.39. The molecule has 0 amide bonds. The van der Waals surface area contributed by atoms with Crippen molar-refractivity contribution in [2.24, 2.45) is 5.92 Å². The summed E-state index contributed by atoms with van der Waals surface area (Å²) in [6.45, 7) is 4.05. The van der Waals surface area contributed by atoms with Gasteiger partial charge >= 0.3 is 0 Å². The summed E-state index contributed by atoms with van der Waals surface area (Å²) in [6, 6.07) is 0. The van der Waals surface area contributed by atoms with Crippen molar-refractivity contribution in [3.8, 4) is 0 Å². The zero-order valence-corrected chi connectivity index (χ0v) is 11.3. The van der Waals surface area contributed by atoms with Gasteiger partial charge in [0.1, 0.15) is 10.7 Å². The summed E-state index contributed by atoms with van der Waals surface area (Å²) in [5, 5.41) is 6.37. The van der Waals surface area contributed by atoms with Gasteiger partial charge in [0, 0.05) is 19.0 Å². The van der Waals surface area contributed by atoms with E-state index < -0.39 is 10.0 Å². The van der Waals surface area contributed by atoms with Gasteiger partial charge in [0.2, 0.25) is 10.0 Å². The molecule has 7 heteroatoms. The molecule has 1 aliphatic heterocycles. The Hall–Kier alpha value is -1.21. The maximum atomic E-state index is 12.3. The summed E-state index contributed by atoms with van der Waals surface area (Å²) in [4.78, 5) is 11.5. The van der Waals surface area contributed by atoms with Crippen LogP contribution in [0.15, 0.2) is 11.1 Å². The van der Waals surface area contributed by atoms with Crippen LogP contribution in [0.5, 0.6) is 0 Å². The summed E-state index contributed by atoms with van der Waals surface area (Å²) in [5.74, 6) is 0.147. The largest absolute Gasteiger partial charge is 0.300 e. The number of aryl methyl sites for hydroxylation is 1. The Morgan fingerprint density at radius 3 is 2.50 bits per heavy atom. The van der Waals surface area contributed by atoms with E-state index in [1.165, 1.54) is 10.5 Å². The highest BCUT2D eigenvalue weighted by Crippen LogP contribution is 2.24. The number of nitrogens with one attached hydrogen (secondary N) is 1. The Morgan fingerprint density at radius 2 is 2.06 bits per heavy atom. The second kappa shape index (κ2) is 4.81. The average molecular weight is 271 g/mol. The minimum absolute atomic E-state index is 0.00176. The molecular formula is C11H17N3O3S. The van der Waals surface area contributed by atoms with Crippen molar-refractivity contribution >= 4 is 15.8 Å². The van der Waals surface area contributed by atoms with E-state index in [2.05, 4.69) is 10.2 Å². The molecule has 1 aliphatic rings. The van der Waals surface area contributed by atoms with Crippen molar-refractivity contribution in [3.05, 3.63) is 11.9 Å². The molecule has 1 fully saturated rings. The van der Waals surface area contributed by atoms with E-state index in [1.54, 1.807) is 13.8 Å². The Bertz CT molecular complexity index is 542. The van der Waals surface area contributed by atoms with Crippen LogP contribution in [0.1, 0.15) is 25.5 Å². The molecule has 0 radical (unpaired) electrons. The van der Waals surface area contributed by atoms with Gasteiger partial charge in [-0.3, -0.25) is 9.89 Å². The fraction of sp³-hybridized carbons (Fsp3) is 0.636. The molecule has 1 saturated heterocycles. The molecule has 2 rings (SSSR count). The standard InChI is InChI=1S/C11H17N3O3S/c1-8-11(7-12-13-8)18(16,17)14-5-3-10(4-6-14)9(2)15/h7,10H,3-6H2,1-2H3,(H,12,13). The van der Waals surface area contributed by atoms with Gasteiger partial charge in [-0.15, -0.1) is 0 Å². The lowest BCUT2D eigenvalue weighted by atomic mass is 9.95. The molecule has 100 valence electrons. The first kappa shape index (κ1) is 13.2. The van der Waals surface area contributed by atoms with Crippen LogP contribution >= 0.6 is 0 Å². The van der Waals surface area contributed by atoms with Gasteiger partial charge < -0.3 is 0 Å². The summed E-state index contributed by atoms with van der Waals surface area (Å²) in [5.41, 5.74) is 0.545. The van der Waals surface area contributed by atoms with Crippen LogP contribution in [-0.2, 0) is 14.8 Å². The summed E-state index contributed by atoms with van der Waals surface area (Å²) in [7, 11) is -3.47. The summed E-state index contributed by atoms with van der Waals surface area (Å²) in [6.07, 6.45) is 2.54. The Labute approximate surface area is 106 Å². The van der Waals surface area contributed by atoms with Crippen LogP contribution in [0, 0.1) is 12.8 Å². The maximum absolute atomic E-state index is 12.3. The molecule has 18 heavy (non-hydrogen) atoms. The Balaban J connectivity index is 2.15. The van der Waals surface area contributed by atoms with Crippen molar-refractivity contribution in [2.75, 3.05) is 13.1 Å². The van der Waals surface area contributed by atoms with E-state index in [4.69, 9.17) is 0 Å². The van der Waals surface area contributed by atoms with Crippen molar-refractivity contribution in [3.63, 3.8) is 0 Å². The highest BCUT2D eigenvalue weighted by Gasteiger charge is 2.32. The van der Waals surface area contributed by atoms with Gasteiger partial charge in [-0.1, -0.05) is 0 Å². The Morgan fingerprint density at radius 1 is 1.44 bits per heavy atom. The molecule has 0 aliphatic carbocycles. The van der Waals surface area contributed by atoms with E-state index in [0.717, 1.165) is 0 Å². The third-order valence-electron chi connectivity index (χ3n) is 3.43. The van der Waals surface area contributed by atoms with Gasteiger partial charge in [0.05, 0.1) is 11.9 Å². The molecule has 0 aromatic carbocycles. The predicted molar refractivity (Wildman–Crippen MR) is 65.5 cm³/mol. The number of hydrogen-bond acceptors (Lipinski definition) is 4. The molecule has 0 saturated carbocycles. The summed E-state index contributed by atoms with van der Waals surface area (Å²) < 4.78 is 26.1. The third kappa shape index (κ3) is 2.32. The van der Waals surface area contributed by atoms with Crippen molar-refractivity contribution in [1.82, 2.24) is 14.5 Å². The van der Waals surface area contributed by atoms with Crippen LogP contribution in [0.2, 0.25) is 0 Å². The van der Waals surface area contributed by atoms with Crippen molar-refractivity contribution in [1.29, 1.82) is 0 Å². The van der Waals surface area contributed by atoms with E-state index in [1.807, 2.05) is 0 Å². The smallest absolute Gasteiger partial charge is 0.246 e. The Kier molecular flexibility index (Phi) is 3.54. The minimum Gasteiger partial charge on any atom is -0.300 e. The molecule has 6 nitrogen and oxygen atoms in total. The molecule has 0 atom stereocenters. The van der Waals surface area contributed by atoms with Crippen LogP contribution < -0.4 is 0 Å². The second-order valence-electron chi connectivity index (χ2n) is 4.65. The molecule has 2 heterocycles. The lowest BCUT2D eigenvalue weighted by Gasteiger charge is -2.29. The average Bonchev–Trinajstić information content (AvgIpc) is 2.76. The zero-order chi connectivity index (χ0) is 13.3. The monoisotopic (exact) mass is 271 g/mol. The summed E-state index contributed by atoms with van der Waals surface area (Å²) >= 11 is 0. The molecule has 1 N–H and O–H groups in total. The lowest BCUT2D eigenvalue weighted by molar-refractivity contribution is -0.121. The number of carbonyl (C=O) groups is 1. The topological polar surface area (TPSA) is 83.1 Å². The number of carbonyl (C=O) groups excluding carboxylic acids is 1. The van der Waals surface area contributed by atoms with E-state index in [-0.39, 0.29) is 16.6 Å².